The van der Waals surface area contributed by atoms with Crippen LogP contribution in [0.15, 0.2) is 42.7 Å². The first-order chi connectivity index (χ1) is 13.1. The van der Waals surface area contributed by atoms with E-state index >= 15 is 0 Å². The van der Waals surface area contributed by atoms with Gasteiger partial charge in [-0.1, -0.05) is 11.8 Å². The van der Waals surface area contributed by atoms with E-state index in [2.05, 4.69) is 27.5 Å². The third-order valence-corrected chi connectivity index (χ3v) is 5.24. The molecule has 2 saturated carbocycles. The summed E-state index contributed by atoms with van der Waals surface area (Å²) in [5.74, 6) is 4.97. The van der Waals surface area contributed by atoms with Crippen LogP contribution in [-0.4, -0.2) is 29.0 Å². The molecule has 4 rings (SSSR count). The Labute approximate surface area is 158 Å². The van der Waals surface area contributed by atoms with E-state index in [1.807, 2.05) is 0 Å². The Morgan fingerprint density at radius 3 is 2.59 bits per heavy atom. The number of halogens is 1. The highest BCUT2D eigenvalue weighted by atomic mass is 19.1. The van der Waals surface area contributed by atoms with Gasteiger partial charge >= 0.3 is 0 Å². The maximum Gasteiger partial charge on any atom is 0.251 e. The average molecular weight is 363 g/mol. The molecule has 0 atom stereocenters. The van der Waals surface area contributed by atoms with Gasteiger partial charge in [-0.3, -0.25) is 9.78 Å². The van der Waals surface area contributed by atoms with Gasteiger partial charge < -0.3 is 10.6 Å². The van der Waals surface area contributed by atoms with Gasteiger partial charge in [-0.15, -0.1) is 0 Å². The number of hydrogen-bond donors (Lipinski definition) is 2. The third-order valence-electron chi connectivity index (χ3n) is 5.24. The third kappa shape index (κ3) is 4.35. The number of carbonyl (C=O) groups is 1. The normalized spacial score (nSPS) is 17.4. The summed E-state index contributed by atoms with van der Waals surface area (Å²) in [5.41, 5.74) is 1.39. The van der Waals surface area contributed by atoms with Gasteiger partial charge in [0.2, 0.25) is 0 Å². The van der Waals surface area contributed by atoms with Crippen molar-refractivity contribution in [1.82, 2.24) is 15.6 Å². The molecule has 0 spiro atoms. The van der Waals surface area contributed by atoms with E-state index in [1.165, 1.54) is 25.3 Å². The monoisotopic (exact) mass is 363 g/mol. The number of hydrogen-bond acceptors (Lipinski definition) is 3. The van der Waals surface area contributed by atoms with Crippen LogP contribution in [0.3, 0.4) is 0 Å². The van der Waals surface area contributed by atoms with Gasteiger partial charge in [0.15, 0.2) is 0 Å². The second kappa shape index (κ2) is 7.50. The number of carbonyl (C=O) groups excluding carboxylic acids is 1. The maximum atomic E-state index is 14.3. The Bertz CT molecular complexity index is 893. The minimum absolute atomic E-state index is 0.0331. The Balaban J connectivity index is 1.39. The van der Waals surface area contributed by atoms with Gasteiger partial charge in [0.1, 0.15) is 5.82 Å². The first kappa shape index (κ1) is 17.7. The summed E-state index contributed by atoms with van der Waals surface area (Å²) in [5, 5.41) is 6.62. The minimum Gasteiger partial charge on any atom is -0.350 e. The number of nitrogens with zero attached hydrogens (tertiary/aromatic N) is 1. The number of rotatable bonds is 5. The van der Waals surface area contributed by atoms with Crippen LogP contribution in [0.2, 0.25) is 0 Å². The van der Waals surface area contributed by atoms with Gasteiger partial charge in [0.05, 0.1) is 5.56 Å². The number of nitrogens with one attached hydrogen (secondary N) is 2. The first-order valence-corrected chi connectivity index (χ1v) is 9.41. The van der Waals surface area contributed by atoms with Crippen molar-refractivity contribution < 1.29 is 9.18 Å². The molecular weight excluding hydrogens is 341 g/mol. The number of benzene rings is 1. The molecule has 5 heteroatoms. The zero-order chi connectivity index (χ0) is 18.7. The van der Waals surface area contributed by atoms with Crippen LogP contribution in [0.1, 0.15) is 53.6 Å². The fraction of sp³-hybridized carbons (Fsp3) is 0.364. The summed E-state index contributed by atoms with van der Waals surface area (Å²) < 4.78 is 14.3. The summed E-state index contributed by atoms with van der Waals surface area (Å²) in [6.45, 7) is 0.591. The lowest BCUT2D eigenvalue weighted by atomic mass is 9.76. The van der Waals surface area contributed by atoms with Gasteiger partial charge in [0, 0.05) is 41.6 Å². The summed E-state index contributed by atoms with van der Waals surface area (Å²) in [4.78, 5) is 16.3. The molecule has 2 aromatic rings. The van der Waals surface area contributed by atoms with Crippen molar-refractivity contribution in [3.63, 3.8) is 0 Å². The molecule has 1 aromatic carbocycles. The fourth-order valence-corrected chi connectivity index (χ4v) is 3.32. The smallest absolute Gasteiger partial charge is 0.251 e. The standard InChI is InChI=1S/C22H22FN3O/c23-20-14-18(5-4-17(20)3-2-16-8-12-24-13-9-16)21(27)25-15-22(10-1-11-22)26-19-6-7-19/h4-5,8-9,12-14,19,26H,1,6-7,10-11,15H2,(H,25,27). The molecule has 2 aliphatic carbocycles. The van der Waals surface area contributed by atoms with Gasteiger partial charge in [-0.05, 0) is 62.4 Å². The van der Waals surface area contributed by atoms with Gasteiger partial charge in [-0.2, -0.15) is 0 Å². The topological polar surface area (TPSA) is 54.0 Å². The molecule has 1 amide bonds. The fourth-order valence-electron chi connectivity index (χ4n) is 3.32. The molecule has 2 N–H and O–H groups in total. The molecule has 1 aromatic heterocycles. The highest BCUT2D eigenvalue weighted by molar-refractivity contribution is 5.94. The average Bonchev–Trinajstić information content (AvgIpc) is 3.47. The van der Waals surface area contributed by atoms with E-state index in [0.29, 0.717) is 18.2 Å². The summed E-state index contributed by atoms with van der Waals surface area (Å²) in [6, 6.07) is 8.57. The number of pyridine rings is 1. The predicted molar refractivity (Wildman–Crippen MR) is 102 cm³/mol. The maximum absolute atomic E-state index is 14.3. The van der Waals surface area contributed by atoms with E-state index in [9.17, 15) is 9.18 Å². The zero-order valence-electron chi connectivity index (χ0n) is 15.1. The largest absolute Gasteiger partial charge is 0.350 e. The summed E-state index contributed by atoms with van der Waals surface area (Å²) in [7, 11) is 0. The lowest BCUT2D eigenvalue weighted by Gasteiger charge is -2.43. The highest BCUT2D eigenvalue weighted by Crippen LogP contribution is 2.35. The molecule has 27 heavy (non-hydrogen) atoms. The Kier molecular flexibility index (Phi) is 4.91. The molecule has 0 radical (unpaired) electrons. The molecule has 138 valence electrons. The van der Waals surface area contributed by atoms with Crippen molar-refractivity contribution >= 4 is 5.91 Å². The number of aromatic nitrogens is 1. The highest BCUT2D eigenvalue weighted by Gasteiger charge is 2.41. The molecule has 1 heterocycles. The van der Waals surface area contributed by atoms with Crippen LogP contribution in [0, 0.1) is 17.7 Å². The van der Waals surface area contributed by atoms with E-state index in [4.69, 9.17) is 0 Å². The van der Waals surface area contributed by atoms with Crippen molar-refractivity contribution in [3.8, 4) is 11.8 Å². The quantitative estimate of drug-likeness (QED) is 0.803. The van der Waals surface area contributed by atoms with Crippen LogP contribution in [-0.2, 0) is 0 Å². The Hall–Kier alpha value is -2.71. The summed E-state index contributed by atoms with van der Waals surface area (Å²) >= 11 is 0. The minimum atomic E-state index is -0.487. The van der Waals surface area contributed by atoms with Crippen LogP contribution < -0.4 is 10.6 Å². The molecule has 4 nitrogen and oxygen atoms in total. The van der Waals surface area contributed by atoms with Crippen molar-refractivity contribution in [2.45, 2.75) is 43.7 Å². The van der Waals surface area contributed by atoms with Crippen LogP contribution in [0.25, 0.3) is 0 Å². The lowest BCUT2D eigenvalue weighted by Crippen LogP contribution is -2.58. The second-order valence-corrected chi connectivity index (χ2v) is 7.42. The molecule has 0 aliphatic heterocycles. The molecule has 2 fully saturated rings. The van der Waals surface area contributed by atoms with Crippen LogP contribution >= 0.6 is 0 Å². The van der Waals surface area contributed by atoms with Crippen molar-refractivity contribution in [2.75, 3.05) is 6.54 Å². The van der Waals surface area contributed by atoms with E-state index < -0.39 is 5.82 Å². The Morgan fingerprint density at radius 1 is 1.19 bits per heavy atom. The number of amides is 1. The SMILES string of the molecule is O=C(NCC1(NC2CC2)CCC1)c1ccc(C#Cc2ccncc2)c(F)c1. The lowest BCUT2D eigenvalue weighted by molar-refractivity contribution is 0.0910. The van der Waals surface area contributed by atoms with Crippen molar-refractivity contribution in [1.29, 1.82) is 0 Å². The van der Waals surface area contributed by atoms with E-state index in [0.717, 1.165) is 18.4 Å². The second-order valence-electron chi connectivity index (χ2n) is 7.42. The molecule has 0 unspecified atom stereocenters. The van der Waals surface area contributed by atoms with Gasteiger partial charge in [-0.25, -0.2) is 4.39 Å². The molecule has 0 saturated heterocycles. The predicted octanol–water partition coefficient (Wildman–Crippen LogP) is 3.03. The molecular formula is C22H22FN3O. The van der Waals surface area contributed by atoms with Crippen molar-refractivity contribution in [3.05, 3.63) is 65.2 Å². The Morgan fingerprint density at radius 2 is 1.96 bits per heavy atom. The zero-order valence-corrected chi connectivity index (χ0v) is 15.1. The molecule has 0 bridgehead atoms. The van der Waals surface area contributed by atoms with Gasteiger partial charge in [0.25, 0.3) is 5.91 Å². The van der Waals surface area contributed by atoms with E-state index in [1.54, 1.807) is 36.7 Å². The molecule has 2 aliphatic rings. The van der Waals surface area contributed by atoms with Crippen LogP contribution in [0.4, 0.5) is 4.39 Å². The van der Waals surface area contributed by atoms with E-state index in [-0.39, 0.29) is 17.0 Å². The van der Waals surface area contributed by atoms with Crippen molar-refractivity contribution in [2.24, 2.45) is 0 Å². The van der Waals surface area contributed by atoms with Crippen LogP contribution in [0.5, 0.6) is 0 Å². The summed E-state index contributed by atoms with van der Waals surface area (Å²) in [6.07, 6.45) is 9.09. The first-order valence-electron chi connectivity index (χ1n) is 9.41.